The molecule has 6 nitrogen and oxygen atoms in total. The molecule has 0 aliphatic rings. The maximum absolute atomic E-state index is 14.7. The van der Waals surface area contributed by atoms with Crippen molar-refractivity contribution >= 4 is 10.0 Å². The molecule has 0 saturated carbocycles. The second-order valence-corrected chi connectivity index (χ2v) is 8.80. The average molecular weight is 476 g/mol. The normalized spacial score (nSPS) is 12.2. The second kappa shape index (κ2) is 8.09. The number of nitrogens with one attached hydrogen (secondary N) is 1. The van der Waals surface area contributed by atoms with Gasteiger partial charge in [-0.3, -0.25) is 10.1 Å². The van der Waals surface area contributed by atoms with E-state index in [0.29, 0.717) is 28.6 Å². The van der Waals surface area contributed by atoms with Gasteiger partial charge in [0.25, 0.3) is 0 Å². The molecule has 0 radical (unpaired) electrons. The predicted molar refractivity (Wildman–Crippen MR) is 114 cm³/mol. The number of aromatic amines is 1. The maximum Gasteiger partial charge on any atom is 0.417 e. The lowest BCUT2D eigenvalue weighted by Crippen LogP contribution is -2.19. The number of sulfonamides is 1. The number of hydrogen-bond donors (Lipinski definition) is 2. The molecule has 2 heterocycles. The smallest absolute Gasteiger partial charge is 0.276 e. The Labute approximate surface area is 186 Å². The third kappa shape index (κ3) is 4.50. The van der Waals surface area contributed by atoms with Crippen LogP contribution in [0.5, 0.6) is 0 Å². The van der Waals surface area contributed by atoms with Gasteiger partial charge in [-0.05, 0) is 54.4 Å². The van der Waals surface area contributed by atoms with E-state index in [2.05, 4.69) is 15.2 Å². The first kappa shape index (κ1) is 22.6. The zero-order valence-electron chi connectivity index (χ0n) is 17.0. The summed E-state index contributed by atoms with van der Waals surface area (Å²) in [7, 11) is -4.64. The lowest BCUT2D eigenvalue weighted by atomic mass is 9.97. The molecule has 2 aromatic carbocycles. The van der Waals surface area contributed by atoms with Gasteiger partial charge in [0.15, 0.2) is 0 Å². The van der Waals surface area contributed by atoms with E-state index in [-0.39, 0.29) is 11.1 Å². The van der Waals surface area contributed by atoms with Crippen LogP contribution in [0.25, 0.3) is 33.6 Å². The molecule has 0 unspecified atom stereocenters. The van der Waals surface area contributed by atoms with E-state index in [1.165, 1.54) is 18.3 Å². The van der Waals surface area contributed by atoms with Crippen LogP contribution in [-0.2, 0) is 16.2 Å². The molecule has 0 amide bonds. The van der Waals surface area contributed by atoms with E-state index in [0.717, 1.165) is 23.9 Å². The Balaban J connectivity index is 1.86. The number of halogens is 4. The SMILES string of the molecule is Cc1cccc(-c2[nH]ncc2-c2ccc(F)c(-c3ccc(S(N)(=O)=O)c(C(F)(F)F)c3)c2)n1. The van der Waals surface area contributed by atoms with Crippen molar-refractivity contribution in [2.45, 2.75) is 18.0 Å². The van der Waals surface area contributed by atoms with Crippen LogP contribution in [-0.4, -0.2) is 23.6 Å². The van der Waals surface area contributed by atoms with Gasteiger partial charge in [0.05, 0.1) is 28.0 Å². The van der Waals surface area contributed by atoms with Gasteiger partial charge in [0.1, 0.15) is 5.82 Å². The minimum atomic E-state index is -5.01. The third-order valence-corrected chi connectivity index (χ3v) is 5.93. The number of rotatable bonds is 4. The molecule has 33 heavy (non-hydrogen) atoms. The van der Waals surface area contributed by atoms with Gasteiger partial charge in [0, 0.05) is 16.8 Å². The Morgan fingerprint density at radius 3 is 2.33 bits per heavy atom. The monoisotopic (exact) mass is 476 g/mol. The van der Waals surface area contributed by atoms with E-state index in [1.807, 2.05) is 19.1 Å². The third-order valence-electron chi connectivity index (χ3n) is 4.96. The summed E-state index contributed by atoms with van der Waals surface area (Å²) in [6, 6.07) is 11.7. The lowest BCUT2D eigenvalue weighted by molar-refractivity contribution is -0.139. The largest absolute Gasteiger partial charge is 0.417 e. The first-order valence-corrected chi connectivity index (χ1v) is 11.0. The number of nitrogens with two attached hydrogens (primary N) is 1. The second-order valence-electron chi connectivity index (χ2n) is 7.27. The van der Waals surface area contributed by atoms with Gasteiger partial charge in [-0.15, -0.1) is 0 Å². The molecule has 0 bridgehead atoms. The molecule has 4 aromatic rings. The van der Waals surface area contributed by atoms with Gasteiger partial charge in [-0.2, -0.15) is 18.3 Å². The van der Waals surface area contributed by atoms with Crippen molar-refractivity contribution in [2.24, 2.45) is 5.14 Å². The minimum absolute atomic E-state index is 0.150. The lowest BCUT2D eigenvalue weighted by Gasteiger charge is -2.14. The van der Waals surface area contributed by atoms with E-state index in [4.69, 9.17) is 5.14 Å². The molecule has 0 saturated heterocycles. The minimum Gasteiger partial charge on any atom is -0.276 e. The van der Waals surface area contributed by atoms with Crippen molar-refractivity contribution in [3.63, 3.8) is 0 Å². The molecular weight excluding hydrogens is 460 g/mol. The molecule has 0 fully saturated rings. The Morgan fingerprint density at radius 1 is 0.970 bits per heavy atom. The number of aryl methyl sites for hydroxylation is 1. The summed E-state index contributed by atoms with van der Waals surface area (Å²) in [6.45, 7) is 1.82. The quantitative estimate of drug-likeness (QED) is 0.408. The van der Waals surface area contributed by atoms with Crippen molar-refractivity contribution in [1.82, 2.24) is 15.2 Å². The number of nitrogens with zero attached hydrogens (tertiary/aromatic N) is 2. The summed E-state index contributed by atoms with van der Waals surface area (Å²) in [5.41, 5.74) is 1.16. The van der Waals surface area contributed by atoms with Crippen molar-refractivity contribution < 1.29 is 26.0 Å². The highest BCUT2D eigenvalue weighted by atomic mass is 32.2. The van der Waals surface area contributed by atoms with Crippen LogP contribution in [0.15, 0.2) is 65.7 Å². The first-order chi connectivity index (χ1) is 15.4. The number of aromatic nitrogens is 3. The van der Waals surface area contributed by atoms with Gasteiger partial charge in [0.2, 0.25) is 10.0 Å². The molecule has 11 heteroatoms. The van der Waals surface area contributed by atoms with Crippen LogP contribution in [0.3, 0.4) is 0 Å². The van der Waals surface area contributed by atoms with Crippen LogP contribution in [0.2, 0.25) is 0 Å². The fourth-order valence-electron chi connectivity index (χ4n) is 3.46. The summed E-state index contributed by atoms with van der Waals surface area (Å²) in [6.07, 6.45) is -3.51. The number of hydrogen-bond acceptors (Lipinski definition) is 4. The number of alkyl halides is 3. The van der Waals surface area contributed by atoms with Crippen LogP contribution in [0.1, 0.15) is 11.3 Å². The van der Waals surface area contributed by atoms with Crippen molar-refractivity contribution in [3.8, 4) is 33.6 Å². The first-order valence-electron chi connectivity index (χ1n) is 9.47. The Bertz CT molecular complexity index is 1460. The Hall–Kier alpha value is -3.57. The summed E-state index contributed by atoms with van der Waals surface area (Å²) in [5, 5.41) is 11.8. The van der Waals surface area contributed by atoms with E-state index in [9.17, 15) is 26.0 Å². The highest BCUT2D eigenvalue weighted by Crippen LogP contribution is 2.38. The number of pyridine rings is 1. The maximum atomic E-state index is 14.7. The number of H-pyrrole nitrogens is 1. The molecule has 0 aliphatic carbocycles. The van der Waals surface area contributed by atoms with Crippen LogP contribution >= 0.6 is 0 Å². The average Bonchev–Trinajstić information content (AvgIpc) is 3.22. The van der Waals surface area contributed by atoms with E-state index < -0.39 is 32.5 Å². The molecule has 0 aliphatic heterocycles. The summed E-state index contributed by atoms with van der Waals surface area (Å²) in [4.78, 5) is 3.35. The topological polar surface area (TPSA) is 102 Å². The molecule has 3 N–H and O–H groups in total. The standard InChI is InChI=1S/C22H16F4N4O2S/c1-12-3-2-4-19(29-12)21-16(11-28-30-21)13-5-7-18(23)15(9-13)14-6-8-20(33(27,31)32)17(10-14)22(24,25)26/h2-11H,1H3,(H,28,30)(H2,27,31,32). The zero-order chi connectivity index (χ0) is 24.0. The Morgan fingerprint density at radius 2 is 1.67 bits per heavy atom. The molecule has 0 spiro atoms. The van der Waals surface area contributed by atoms with Gasteiger partial charge in [-0.1, -0.05) is 18.2 Å². The molecular formula is C22H16F4N4O2S. The number of primary sulfonamides is 1. The predicted octanol–water partition coefficient (Wildman–Crippen LogP) is 4.92. The Kier molecular flexibility index (Phi) is 5.54. The van der Waals surface area contributed by atoms with Crippen molar-refractivity contribution in [1.29, 1.82) is 0 Å². The van der Waals surface area contributed by atoms with Gasteiger partial charge in [-0.25, -0.2) is 17.9 Å². The molecule has 0 atom stereocenters. The fraction of sp³-hybridized carbons (Fsp3) is 0.0909. The summed E-state index contributed by atoms with van der Waals surface area (Å²) < 4.78 is 78.4. The van der Waals surface area contributed by atoms with Gasteiger partial charge < -0.3 is 0 Å². The highest BCUT2D eigenvalue weighted by molar-refractivity contribution is 7.89. The van der Waals surface area contributed by atoms with Crippen LogP contribution < -0.4 is 5.14 Å². The van der Waals surface area contributed by atoms with Gasteiger partial charge >= 0.3 is 6.18 Å². The van der Waals surface area contributed by atoms with Crippen molar-refractivity contribution in [3.05, 3.63) is 77.9 Å². The zero-order valence-corrected chi connectivity index (χ0v) is 17.8. The van der Waals surface area contributed by atoms with Crippen LogP contribution in [0, 0.1) is 12.7 Å². The molecule has 4 rings (SSSR count). The summed E-state index contributed by atoms with van der Waals surface area (Å²) in [5.74, 6) is -0.783. The van der Waals surface area contributed by atoms with E-state index in [1.54, 1.807) is 6.07 Å². The highest BCUT2D eigenvalue weighted by Gasteiger charge is 2.37. The van der Waals surface area contributed by atoms with Crippen molar-refractivity contribution in [2.75, 3.05) is 0 Å². The van der Waals surface area contributed by atoms with E-state index >= 15 is 0 Å². The number of benzene rings is 2. The molecule has 170 valence electrons. The summed E-state index contributed by atoms with van der Waals surface area (Å²) >= 11 is 0. The van der Waals surface area contributed by atoms with Crippen LogP contribution in [0.4, 0.5) is 17.6 Å². The fourth-order valence-corrected chi connectivity index (χ4v) is 4.20. The molecule has 2 aromatic heterocycles.